The molecule has 0 bridgehead atoms. The zero-order valence-corrected chi connectivity index (χ0v) is 14.0. The summed E-state index contributed by atoms with van der Waals surface area (Å²) in [7, 11) is 0. The standard InChI is InChI=1S/C17H26BrN/c1-4-8-19-17(11-14-6-5-7-14)15-9-13(3)16(18)10-12(15)2/h9-10,14,17,19H,4-8,11H2,1-3H3. The van der Waals surface area contributed by atoms with Crippen LogP contribution in [0.15, 0.2) is 16.6 Å². The lowest BCUT2D eigenvalue weighted by Crippen LogP contribution is -2.27. The summed E-state index contributed by atoms with van der Waals surface area (Å²) in [5.41, 5.74) is 4.25. The Bertz CT molecular complexity index is 424. The van der Waals surface area contributed by atoms with Gasteiger partial charge in [0.15, 0.2) is 0 Å². The highest BCUT2D eigenvalue weighted by Crippen LogP contribution is 2.36. The Balaban J connectivity index is 2.17. The van der Waals surface area contributed by atoms with Crippen molar-refractivity contribution in [2.45, 2.75) is 58.9 Å². The summed E-state index contributed by atoms with van der Waals surface area (Å²) >= 11 is 3.64. The molecule has 0 saturated heterocycles. The molecular formula is C17H26BrN. The number of rotatable bonds is 6. The van der Waals surface area contributed by atoms with E-state index in [4.69, 9.17) is 0 Å². The first-order chi connectivity index (χ1) is 9.11. The van der Waals surface area contributed by atoms with Crippen LogP contribution >= 0.6 is 15.9 Å². The molecule has 0 radical (unpaired) electrons. The second kappa shape index (κ2) is 6.90. The molecule has 0 spiro atoms. The van der Waals surface area contributed by atoms with Crippen LogP contribution in [0.25, 0.3) is 0 Å². The molecule has 1 aliphatic carbocycles. The van der Waals surface area contributed by atoms with E-state index in [0.717, 1.165) is 12.5 Å². The SMILES string of the molecule is CCCNC(CC1CCC1)c1cc(C)c(Br)cc1C. The van der Waals surface area contributed by atoms with E-state index in [1.165, 1.54) is 53.3 Å². The fraction of sp³-hybridized carbons (Fsp3) is 0.647. The number of nitrogens with one attached hydrogen (secondary N) is 1. The van der Waals surface area contributed by atoms with E-state index in [9.17, 15) is 0 Å². The number of halogens is 1. The monoisotopic (exact) mass is 323 g/mol. The Morgan fingerprint density at radius 1 is 1.26 bits per heavy atom. The molecule has 0 aliphatic heterocycles. The van der Waals surface area contributed by atoms with Gasteiger partial charge in [-0.05, 0) is 61.9 Å². The molecule has 0 aromatic heterocycles. The van der Waals surface area contributed by atoms with Crippen LogP contribution in [-0.4, -0.2) is 6.54 Å². The van der Waals surface area contributed by atoms with Gasteiger partial charge in [0.2, 0.25) is 0 Å². The molecule has 106 valence electrons. The van der Waals surface area contributed by atoms with E-state index in [0.29, 0.717) is 6.04 Å². The predicted molar refractivity (Wildman–Crippen MR) is 86.6 cm³/mol. The van der Waals surface area contributed by atoms with Gasteiger partial charge in [-0.1, -0.05) is 48.2 Å². The smallest absolute Gasteiger partial charge is 0.0325 e. The highest BCUT2D eigenvalue weighted by molar-refractivity contribution is 9.10. The predicted octanol–water partition coefficient (Wildman–Crippen LogP) is 5.30. The van der Waals surface area contributed by atoms with Crippen molar-refractivity contribution in [3.05, 3.63) is 33.3 Å². The van der Waals surface area contributed by atoms with Crippen LogP contribution in [-0.2, 0) is 0 Å². The molecule has 1 atom stereocenters. The molecule has 1 saturated carbocycles. The molecule has 1 N–H and O–H groups in total. The summed E-state index contributed by atoms with van der Waals surface area (Å²) in [5, 5.41) is 3.76. The van der Waals surface area contributed by atoms with E-state index in [-0.39, 0.29) is 0 Å². The Hall–Kier alpha value is -0.340. The average Bonchev–Trinajstić information content (AvgIpc) is 2.32. The molecule has 1 aromatic carbocycles. The molecule has 1 aliphatic rings. The van der Waals surface area contributed by atoms with Gasteiger partial charge in [0.05, 0.1) is 0 Å². The van der Waals surface area contributed by atoms with E-state index in [1.807, 2.05) is 0 Å². The maximum absolute atomic E-state index is 3.76. The largest absolute Gasteiger partial charge is 0.310 e. The molecule has 1 aromatic rings. The summed E-state index contributed by atoms with van der Waals surface area (Å²) in [4.78, 5) is 0. The van der Waals surface area contributed by atoms with E-state index in [1.54, 1.807) is 0 Å². The minimum atomic E-state index is 0.539. The van der Waals surface area contributed by atoms with Crippen LogP contribution in [0.4, 0.5) is 0 Å². The third-order valence-corrected chi connectivity index (χ3v) is 5.21. The van der Waals surface area contributed by atoms with Gasteiger partial charge >= 0.3 is 0 Å². The molecule has 0 heterocycles. The Labute approximate surface area is 126 Å². The molecule has 2 heteroatoms. The van der Waals surface area contributed by atoms with Crippen LogP contribution < -0.4 is 5.32 Å². The molecular weight excluding hydrogens is 298 g/mol. The Morgan fingerprint density at radius 3 is 2.58 bits per heavy atom. The zero-order valence-electron chi connectivity index (χ0n) is 12.4. The van der Waals surface area contributed by atoms with Gasteiger partial charge in [0, 0.05) is 10.5 Å². The lowest BCUT2D eigenvalue weighted by Gasteiger charge is -2.31. The first-order valence-electron chi connectivity index (χ1n) is 7.61. The van der Waals surface area contributed by atoms with Crippen LogP contribution in [0, 0.1) is 19.8 Å². The minimum absolute atomic E-state index is 0.539. The van der Waals surface area contributed by atoms with Gasteiger partial charge in [-0.25, -0.2) is 0 Å². The summed E-state index contributed by atoms with van der Waals surface area (Å²) in [6.07, 6.45) is 6.80. The highest BCUT2D eigenvalue weighted by Gasteiger charge is 2.23. The number of aryl methyl sites for hydroxylation is 2. The van der Waals surface area contributed by atoms with Gasteiger partial charge < -0.3 is 5.32 Å². The number of hydrogen-bond donors (Lipinski definition) is 1. The van der Waals surface area contributed by atoms with E-state index in [2.05, 4.69) is 54.2 Å². The lowest BCUT2D eigenvalue weighted by molar-refractivity contribution is 0.261. The molecule has 1 fully saturated rings. The maximum atomic E-state index is 3.76. The van der Waals surface area contributed by atoms with Gasteiger partial charge in [-0.2, -0.15) is 0 Å². The molecule has 1 unspecified atom stereocenters. The third kappa shape index (κ3) is 3.82. The zero-order chi connectivity index (χ0) is 13.8. The van der Waals surface area contributed by atoms with Crippen molar-refractivity contribution in [2.24, 2.45) is 5.92 Å². The normalized spacial score (nSPS) is 17.3. The van der Waals surface area contributed by atoms with Gasteiger partial charge in [-0.3, -0.25) is 0 Å². The lowest BCUT2D eigenvalue weighted by atomic mass is 9.79. The fourth-order valence-electron chi connectivity index (χ4n) is 2.88. The first kappa shape index (κ1) is 15.1. The summed E-state index contributed by atoms with van der Waals surface area (Å²) in [6.45, 7) is 7.78. The molecule has 2 rings (SSSR count). The third-order valence-electron chi connectivity index (χ3n) is 4.36. The summed E-state index contributed by atoms with van der Waals surface area (Å²) in [5.74, 6) is 0.942. The van der Waals surface area contributed by atoms with Crippen molar-refractivity contribution in [3.63, 3.8) is 0 Å². The molecule has 19 heavy (non-hydrogen) atoms. The maximum Gasteiger partial charge on any atom is 0.0325 e. The van der Waals surface area contributed by atoms with Crippen molar-refractivity contribution in [1.82, 2.24) is 5.32 Å². The van der Waals surface area contributed by atoms with Crippen molar-refractivity contribution in [3.8, 4) is 0 Å². The summed E-state index contributed by atoms with van der Waals surface area (Å²) in [6, 6.07) is 5.18. The van der Waals surface area contributed by atoms with Crippen molar-refractivity contribution in [1.29, 1.82) is 0 Å². The van der Waals surface area contributed by atoms with Crippen LogP contribution in [0.3, 0.4) is 0 Å². The fourth-order valence-corrected chi connectivity index (χ4v) is 3.34. The van der Waals surface area contributed by atoms with E-state index >= 15 is 0 Å². The van der Waals surface area contributed by atoms with Crippen molar-refractivity contribution >= 4 is 15.9 Å². The number of hydrogen-bond acceptors (Lipinski definition) is 1. The number of benzene rings is 1. The topological polar surface area (TPSA) is 12.0 Å². The molecule has 0 amide bonds. The van der Waals surface area contributed by atoms with E-state index < -0.39 is 0 Å². The highest BCUT2D eigenvalue weighted by atomic mass is 79.9. The quantitative estimate of drug-likeness (QED) is 0.749. The Morgan fingerprint density at radius 2 is 2.00 bits per heavy atom. The second-order valence-corrected chi connectivity index (χ2v) is 6.85. The Kier molecular flexibility index (Phi) is 5.47. The van der Waals surface area contributed by atoms with Gasteiger partial charge in [0.1, 0.15) is 0 Å². The molecule has 1 nitrogen and oxygen atoms in total. The average molecular weight is 324 g/mol. The van der Waals surface area contributed by atoms with Gasteiger partial charge in [-0.15, -0.1) is 0 Å². The first-order valence-corrected chi connectivity index (χ1v) is 8.41. The van der Waals surface area contributed by atoms with Crippen molar-refractivity contribution in [2.75, 3.05) is 6.54 Å². The van der Waals surface area contributed by atoms with Crippen LogP contribution in [0.1, 0.15) is 61.8 Å². The van der Waals surface area contributed by atoms with Crippen LogP contribution in [0.2, 0.25) is 0 Å². The second-order valence-electron chi connectivity index (χ2n) is 6.00. The minimum Gasteiger partial charge on any atom is -0.310 e. The van der Waals surface area contributed by atoms with Crippen molar-refractivity contribution < 1.29 is 0 Å². The summed E-state index contributed by atoms with van der Waals surface area (Å²) < 4.78 is 1.23. The van der Waals surface area contributed by atoms with Gasteiger partial charge in [0.25, 0.3) is 0 Å². The van der Waals surface area contributed by atoms with Crippen LogP contribution in [0.5, 0.6) is 0 Å².